The second kappa shape index (κ2) is 5.61. The van der Waals surface area contributed by atoms with Gasteiger partial charge in [0, 0.05) is 18.8 Å². The molecule has 1 aromatic heterocycles. The quantitative estimate of drug-likeness (QED) is 0.911. The summed E-state index contributed by atoms with van der Waals surface area (Å²) in [4.78, 5) is 12.4. The van der Waals surface area contributed by atoms with E-state index in [2.05, 4.69) is 15.0 Å². The van der Waals surface area contributed by atoms with E-state index in [9.17, 15) is 4.79 Å². The summed E-state index contributed by atoms with van der Waals surface area (Å²) in [5, 5.41) is 6.60. The molecule has 0 spiro atoms. The molecule has 21 heavy (non-hydrogen) atoms. The number of carbonyl (C=O) groups is 1. The van der Waals surface area contributed by atoms with Crippen LogP contribution in [0.15, 0.2) is 18.2 Å². The van der Waals surface area contributed by atoms with Gasteiger partial charge in [-0.25, -0.2) is 0 Å². The highest BCUT2D eigenvalue weighted by molar-refractivity contribution is 7.10. The molecule has 1 aliphatic heterocycles. The highest BCUT2D eigenvalue weighted by atomic mass is 32.1. The number of hydrogen-bond acceptors (Lipinski definition) is 6. The first-order valence-corrected chi connectivity index (χ1v) is 7.31. The molecule has 2 aromatic rings. The lowest BCUT2D eigenvalue weighted by Crippen LogP contribution is -2.17. The van der Waals surface area contributed by atoms with E-state index < -0.39 is 0 Å². The Balaban J connectivity index is 1.83. The first-order valence-electron chi connectivity index (χ1n) is 6.54. The van der Waals surface area contributed by atoms with E-state index in [1.807, 2.05) is 6.92 Å². The van der Waals surface area contributed by atoms with Crippen molar-refractivity contribution in [1.29, 1.82) is 0 Å². The monoisotopic (exact) mass is 305 g/mol. The minimum atomic E-state index is -0.192. The van der Waals surface area contributed by atoms with Crippen molar-refractivity contribution < 1.29 is 14.3 Å². The Morgan fingerprint density at radius 1 is 1.29 bits per heavy atom. The molecule has 0 radical (unpaired) electrons. The van der Waals surface area contributed by atoms with E-state index in [4.69, 9.17) is 9.47 Å². The van der Waals surface area contributed by atoms with Crippen LogP contribution in [-0.4, -0.2) is 30.5 Å². The Kier molecular flexibility index (Phi) is 3.66. The van der Waals surface area contributed by atoms with Crippen LogP contribution in [0.3, 0.4) is 0 Å². The number of ether oxygens (including phenoxy) is 2. The fourth-order valence-corrected chi connectivity index (χ4v) is 2.86. The molecule has 0 fully saturated rings. The van der Waals surface area contributed by atoms with Gasteiger partial charge < -0.3 is 20.1 Å². The lowest BCUT2D eigenvalue weighted by atomic mass is 10.2. The van der Waals surface area contributed by atoms with Crippen LogP contribution in [0, 0.1) is 6.92 Å². The molecule has 0 aliphatic carbocycles. The number of benzene rings is 1. The number of nitrogens with one attached hydrogen (secondary N) is 2. The van der Waals surface area contributed by atoms with Crippen LogP contribution in [0.1, 0.15) is 16.1 Å². The maximum absolute atomic E-state index is 12.4. The SMILES string of the molecule is CNc1snc(C)c1C(=O)Nc1ccc2c(c1)OCCO2. The predicted molar refractivity (Wildman–Crippen MR) is 81.8 cm³/mol. The molecule has 7 heteroatoms. The van der Waals surface area contributed by atoms with Gasteiger partial charge in [0.05, 0.1) is 11.3 Å². The Bertz CT molecular complexity index is 684. The molecule has 0 atom stereocenters. The topological polar surface area (TPSA) is 72.5 Å². The van der Waals surface area contributed by atoms with Gasteiger partial charge in [-0.2, -0.15) is 4.37 Å². The van der Waals surface area contributed by atoms with Crippen molar-refractivity contribution in [2.45, 2.75) is 6.92 Å². The summed E-state index contributed by atoms with van der Waals surface area (Å²) >= 11 is 1.27. The van der Waals surface area contributed by atoms with Crippen LogP contribution in [0.2, 0.25) is 0 Å². The van der Waals surface area contributed by atoms with E-state index in [-0.39, 0.29) is 5.91 Å². The third-order valence-corrected chi connectivity index (χ3v) is 4.07. The summed E-state index contributed by atoms with van der Waals surface area (Å²) in [5.74, 6) is 1.15. The van der Waals surface area contributed by atoms with Gasteiger partial charge in [0.15, 0.2) is 11.5 Å². The lowest BCUT2D eigenvalue weighted by molar-refractivity contribution is 0.102. The highest BCUT2D eigenvalue weighted by Crippen LogP contribution is 2.33. The van der Waals surface area contributed by atoms with Gasteiger partial charge in [0.25, 0.3) is 5.91 Å². The van der Waals surface area contributed by atoms with Gasteiger partial charge in [0.2, 0.25) is 0 Å². The molecule has 1 aliphatic rings. The fourth-order valence-electron chi connectivity index (χ4n) is 2.12. The van der Waals surface area contributed by atoms with Gasteiger partial charge >= 0.3 is 0 Å². The predicted octanol–water partition coefficient (Wildman–Crippen LogP) is 2.52. The number of hydrogen-bond donors (Lipinski definition) is 2. The van der Waals surface area contributed by atoms with E-state index in [1.165, 1.54) is 11.5 Å². The second-order valence-corrected chi connectivity index (χ2v) is 5.31. The summed E-state index contributed by atoms with van der Waals surface area (Å²) in [7, 11) is 1.77. The average molecular weight is 305 g/mol. The number of rotatable bonds is 3. The summed E-state index contributed by atoms with van der Waals surface area (Å²) in [5.41, 5.74) is 1.94. The zero-order valence-corrected chi connectivity index (χ0v) is 12.5. The molecule has 2 N–H and O–H groups in total. The number of nitrogens with zero attached hydrogens (tertiary/aromatic N) is 1. The van der Waals surface area contributed by atoms with Crippen molar-refractivity contribution in [3.05, 3.63) is 29.5 Å². The third kappa shape index (κ3) is 2.64. The van der Waals surface area contributed by atoms with Crippen LogP contribution in [0.25, 0.3) is 0 Å². The first kappa shape index (κ1) is 13.7. The number of aryl methyl sites for hydroxylation is 1. The Labute approximate surface area is 126 Å². The number of aromatic nitrogens is 1. The smallest absolute Gasteiger partial charge is 0.260 e. The summed E-state index contributed by atoms with van der Waals surface area (Å²) < 4.78 is 15.2. The molecule has 1 aromatic carbocycles. The van der Waals surface area contributed by atoms with Crippen LogP contribution >= 0.6 is 11.5 Å². The zero-order chi connectivity index (χ0) is 14.8. The van der Waals surface area contributed by atoms with Gasteiger partial charge in [0.1, 0.15) is 18.2 Å². The summed E-state index contributed by atoms with van der Waals surface area (Å²) in [6.07, 6.45) is 0. The lowest BCUT2D eigenvalue weighted by Gasteiger charge is -2.19. The molecule has 1 amide bonds. The number of fused-ring (bicyclic) bond motifs is 1. The number of anilines is 2. The zero-order valence-electron chi connectivity index (χ0n) is 11.7. The molecule has 0 bridgehead atoms. The Morgan fingerprint density at radius 3 is 2.81 bits per heavy atom. The van der Waals surface area contributed by atoms with Crippen molar-refractivity contribution in [3.63, 3.8) is 0 Å². The largest absolute Gasteiger partial charge is 0.486 e. The highest BCUT2D eigenvalue weighted by Gasteiger charge is 2.19. The molecule has 0 saturated heterocycles. The van der Waals surface area contributed by atoms with Crippen molar-refractivity contribution >= 4 is 28.1 Å². The molecular weight excluding hydrogens is 290 g/mol. The molecule has 0 saturated carbocycles. The van der Waals surface area contributed by atoms with Gasteiger partial charge in [-0.15, -0.1) is 0 Å². The minimum absolute atomic E-state index is 0.192. The maximum Gasteiger partial charge on any atom is 0.260 e. The molecular formula is C14H15N3O3S. The van der Waals surface area contributed by atoms with E-state index in [1.54, 1.807) is 25.2 Å². The van der Waals surface area contributed by atoms with Crippen LogP contribution in [0.4, 0.5) is 10.7 Å². The molecule has 2 heterocycles. The Hall–Kier alpha value is -2.28. The average Bonchev–Trinajstić information content (AvgIpc) is 2.88. The normalized spacial score (nSPS) is 12.9. The van der Waals surface area contributed by atoms with E-state index in [0.29, 0.717) is 41.7 Å². The maximum atomic E-state index is 12.4. The van der Waals surface area contributed by atoms with Crippen molar-refractivity contribution in [2.24, 2.45) is 0 Å². The Morgan fingerprint density at radius 2 is 2.05 bits per heavy atom. The van der Waals surface area contributed by atoms with Crippen LogP contribution in [-0.2, 0) is 0 Å². The van der Waals surface area contributed by atoms with Gasteiger partial charge in [-0.1, -0.05) is 0 Å². The molecule has 110 valence electrons. The first-order chi connectivity index (χ1) is 10.2. The molecule has 6 nitrogen and oxygen atoms in total. The summed E-state index contributed by atoms with van der Waals surface area (Å²) in [6, 6.07) is 5.35. The summed E-state index contributed by atoms with van der Waals surface area (Å²) in [6.45, 7) is 2.88. The number of carbonyl (C=O) groups excluding carboxylic acids is 1. The van der Waals surface area contributed by atoms with Gasteiger partial charge in [-0.3, -0.25) is 4.79 Å². The van der Waals surface area contributed by atoms with E-state index >= 15 is 0 Å². The van der Waals surface area contributed by atoms with Crippen molar-refractivity contribution in [3.8, 4) is 11.5 Å². The third-order valence-electron chi connectivity index (χ3n) is 3.12. The fraction of sp³-hybridized carbons (Fsp3) is 0.286. The van der Waals surface area contributed by atoms with E-state index in [0.717, 1.165) is 5.00 Å². The minimum Gasteiger partial charge on any atom is -0.486 e. The second-order valence-electron chi connectivity index (χ2n) is 4.53. The van der Waals surface area contributed by atoms with Crippen molar-refractivity contribution in [2.75, 3.05) is 30.9 Å². The standard InChI is InChI=1S/C14H15N3O3S/c1-8-12(14(15-2)21-17-8)13(18)16-9-3-4-10-11(7-9)20-6-5-19-10/h3-4,7,15H,5-6H2,1-2H3,(H,16,18). The van der Waals surface area contributed by atoms with Crippen LogP contribution in [0.5, 0.6) is 11.5 Å². The molecule has 3 rings (SSSR count). The van der Waals surface area contributed by atoms with Crippen LogP contribution < -0.4 is 20.1 Å². The molecule has 0 unspecified atom stereocenters. The van der Waals surface area contributed by atoms with Crippen molar-refractivity contribution in [1.82, 2.24) is 4.37 Å². The van der Waals surface area contributed by atoms with Gasteiger partial charge in [-0.05, 0) is 30.6 Å². The number of amides is 1.